The summed E-state index contributed by atoms with van der Waals surface area (Å²) < 4.78 is 81.1. The third kappa shape index (κ3) is 8.14. The van der Waals surface area contributed by atoms with E-state index in [2.05, 4.69) is 25.9 Å². The van der Waals surface area contributed by atoms with E-state index in [-0.39, 0.29) is 58.5 Å². The lowest BCUT2D eigenvalue weighted by atomic mass is 9.95. The summed E-state index contributed by atoms with van der Waals surface area (Å²) in [5.41, 5.74) is -3.24. The fourth-order valence-corrected chi connectivity index (χ4v) is 4.37. The van der Waals surface area contributed by atoms with Gasteiger partial charge < -0.3 is 16.0 Å². The minimum absolute atomic E-state index is 0. The molecule has 1 aromatic heterocycles. The van der Waals surface area contributed by atoms with E-state index in [1.54, 1.807) is 26.8 Å². The minimum Gasteiger partial charge on any atom is -0.373 e. The number of amides is 2. The molecule has 0 saturated carbocycles. The summed E-state index contributed by atoms with van der Waals surface area (Å²) >= 11 is 6.27. The first-order valence-electron chi connectivity index (χ1n) is 13.0. The molecule has 3 aromatic carbocycles. The van der Waals surface area contributed by atoms with Crippen LogP contribution >= 0.6 is 24.0 Å². The van der Waals surface area contributed by atoms with Crippen LogP contribution in [-0.2, 0) is 23.7 Å². The maximum Gasteiger partial charge on any atom is 0.417 e. The average Bonchev–Trinajstić information content (AvgIpc) is 2.93. The molecule has 240 valence electrons. The molecule has 0 aliphatic heterocycles. The molecule has 15 heteroatoms. The molecule has 0 spiro atoms. The lowest BCUT2D eigenvalue weighted by Crippen LogP contribution is -2.34. The number of carbonyl (C=O) groups excluding carboxylic acids is 2. The summed E-state index contributed by atoms with van der Waals surface area (Å²) in [6, 6.07) is 10.3. The van der Waals surface area contributed by atoms with Crippen molar-refractivity contribution in [1.29, 1.82) is 0 Å². The Morgan fingerprint density at radius 2 is 1.56 bits per heavy atom. The molecule has 0 radical (unpaired) electrons. The van der Waals surface area contributed by atoms with Crippen LogP contribution in [0.3, 0.4) is 0 Å². The molecular weight excluding hydrogens is 647 g/mol. The first-order chi connectivity index (χ1) is 20.4. The van der Waals surface area contributed by atoms with Crippen LogP contribution in [0.25, 0.3) is 22.3 Å². The number of nitrogens with zero attached hydrogens (tertiary/aromatic N) is 2. The second-order valence-electron chi connectivity index (χ2n) is 10.8. The normalized spacial score (nSPS) is 12.0. The Kier molecular flexibility index (Phi) is 10.3. The lowest BCUT2D eigenvalue weighted by molar-refractivity contribution is -0.142. The van der Waals surface area contributed by atoms with Crippen LogP contribution in [0.2, 0.25) is 5.02 Å². The molecule has 45 heavy (non-hydrogen) atoms. The van der Waals surface area contributed by atoms with Gasteiger partial charge in [-0.25, -0.2) is 9.97 Å². The number of alkyl halides is 6. The van der Waals surface area contributed by atoms with Gasteiger partial charge in [-0.1, -0.05) is 38.4 Å². The molecule has 0 atom stereocenters. The van der Waals surface area contributed by atoms with Crippen LogP contribution in [0, 0.1) is 5.41 Å². The van der Waals surface area contributed by atoms with Gasteiger partial charge in [0.15, 0.2) is 5.82 Å². The van der Waals surface area contributed by atoms with Gasteiger partial charge in [0.2, 0.25) is 5.91 Å². The van der Waals surface area contributed by atoms with Crippen LogP contribution < -0.4 is 16.0 Å². The summed E-state index contributed by atoms with van der Waals surface area (Å²) in [5.74, 6) is -1.15. The first-order valence-corrected chi connectivity index (χ1v) is 13.4. The highest BCUT2D eigenvalue weighted by molar-refractivity contribution is 6.34. The van der Waals surface area contributed by atoms with Gasteiger partial charge in [0.1, 0.15) is 5.82 Å². The topological polar surface area (TPSA) is 96.0 Å². The van der Waals surface area contributed by atoms with Gasteiger partial charge in [0, 0.05) is 35.6 Å². The van der Waals surface area contributed by atoms with E-state index in [4.69, 9.17) is 11.6 Å². The molecule has 3 N–H and O–H groups in total. The van der Waals surface area contributed by atoms with Crippen LogP contribution in [0.5, 0.6) is 0 Å². The summed E-state index contributed by atoms with van der Waals surface area (Å²) in [6.45, 7) is 5.44. The van der Waals surface area contributed by atoms with Gasteiger partial charge in [-0.15, -0.1) is 12.4 Å². The highest BCUT2D eigenvalue weighted by atomic mass is 35.5. The minimum atomic E-state index is -5.13. The fourth-order valence-electron chi connectivity index (χ4n) is 4.17. The van der Waals surface area contributed by atoms with Crippen molar-refractivity contribution < 1.29 is 35.9 Å². The first kappa shape index (κ1) is 35.4. The highest BCUT2D eigenvalue weighted by Gasteiger charge is 2.39. The zero-order chi connectivity index (χ0) is 32.6. The molecule has 0 unspecified atom stereocenters. The Morgan fingerprint density at radius 1 is 0.867 bits per heavy atom. The summed E-state index contributed by atoms with van der Waals surface area (Å²) in [7, 11) is 1.47. The number of hydrogen-bond donors (Lipinski definition) is 3. The molecule has 0 fully saturated rings. The molecule has 4 rings (SSSR count). The summed E-state index contributed by atoms with van der Waals surface area (Å²) in [6.07, 6.45) is -10.1. The number of benzene rings is 3. The number of fused-ring (bicyclic) bond motifs is 1. The second-order valence-corrected chi connectivity index (χ2v) is 11.2. The standard InChI is InChI=1S/C30H26ClF6N5O2.ClH/c1-28(2,3)27(44)39-14-15-5-10-22(31)20(11-15)26(43)40-17-7-9-19-23(13-17)41-25(42-24(19)38-4)18-8-6-16(29(32,33)34)12-21(18)30(35,36)37;/h5-13H,14H2,1-4H3,(H,39,44)(H,40,43)(H,38,41,42);1H. The number of anilines is 2. The van der Waals surface area contributed by atoms with Crippen LogP contribution in [0.15, 0.2) is 54.6 Å². The van der Waals surface area contributed by atoms with Gasteiger partial charge in [-0.3, -0.25) is 9.59 Å². The Hall–Kier alpha value is -4.10. The van der Waals surface area contributed by atoms with Crippen molar-refractivity contribution in [3.8, 4) is 11.4 Å². The molecule has 4 aromatic rings. The van der Waals surface area contributed by atoms with Gasteiger partial charge in [0.05, 0.1) is 27.2 Å². The summed E-state index contributed by atoms with van der Waals surface area (Å²) in [4.78, 5) is 33.7. The largest absolute Gasteiger partial charge is 0.417 e. The SMILES string of the molecule is CNc1nc(-c2ccc(C(F)(F)F)cc2C(F)(F)F)nc2cc(NC(=O)c3cc(CNC(=O)C(C)(C)C)ccc3Cl)ccc12.Cl. The lowest BCUT2D eigenvalue weighted by Gasteiger charge is -2.18. The predicted molar refractivity (Wildman–Crippen MR) is 162 cm³/mol. The zero-order valence-electron chi connectivity index (χ0n) is 24.2. The Morgan fingerprint density at radius 3 is 2.16 bits per heavy atom. The number of aromatic nitrogens is 2. The van der Waals surface area contributed by atoms with Crippen molar-refractivity contribution in [1.82, 2.24) is 15.3 Å². The van der Waals surface area contributed by atoms with Gasteiger partial charge >= 0.3 is 12.4 Å². The molecule has 0 saturated heterocycles. The third-order valence-electron chi connectivity index (χ3n) is 6.49. The molecular formula is C30H27Cl2F6N5O2. The van der Waals surface area contributed by atoms with Gasteiger partial charge in [-0.2, -0.15) is 26.3 Å². The molecule has 7 nitrogen and oxygen atoms in total. The Labute approximate surface area is 265 Å². The maximum absolute atomic E-state index is 13.9. The van der Waals surface area contributed by atoms with E-state index in [9.17, 15) is 35.9 Å². The molecule has 0 bridgehead atoms. The molecule has 0 aliphatic carbocycles. The summed E-state index contributed by atoms with van der Waals surface area (Å²) in [5, 5.41) is 8.73. The smallest absolute Gasteiger partial charge is 0.373 e. The average molecular weight is 674 g/mol. The van der Waals surface area contributed by atoms with Crippen molar-refractivity contribution in [2.24, 2.45) is 5.41 Å². The van der Waals surface area contributed by atoms with Crippen molar-refractivity contribution >= 4 is 58.2 Å². The number of hydrogen-bond acceptors (Lipinski definition) is 5. The van der Waals surface area contributed by atoms with Crippen LogP contribution in [0.4, 0.5) is 37.8 Å². The van der Waals surface area contributed by atoms with Crippen LogP contribution in [-0.4, -0.2) is 28.8 Å². The number of halogens is 8. The quantitative estimate of drug-likeness (QED) is 0.179. The predicted octanol–water partition coefficient (Wildman–Crippen LogP) is 8.37. The fraction of sp³-hybridized carbons (Fsp3) is 0.267. The molecule has 0 aliphatic rings. The number of nitrogens with one attached hydrogen (secondary N) is 3. The van der Waals surface area contributed by atoms with Crippen molar-refractivity contribution in [2.45, 2.75) is 39.7 Å². The van der Waals surface area contributed by atoms with Gasteiger partial charge in [-0.05, 0) is 54.1 Å². The maximum atomic E-state index is 13.9. The van der Waals surface area contributed by atoms with E-state index in [1.807, 2.05) is 0 Å². The number of carbonyl (C=O) groups is 2. The molecule has 2 amide bonds. The van der Waals surface area contributed by atoms with E-state index >= 15 is 0 Å². The van der Waals surface area contributed by atoms with E-state index in [0.717, 1.165) is 0 Å². The highest BCUT2D eigenvalue weighted by Crippen LogP contribution is 2.41. The van der Waals surface area contributed by atoms with Crippen LogP contribution in [0.1, 0.15) is 47.8 Å². The number of rotatable bonds is 6. The third-order valence-corrected chi connectivity index (χ3v) is 6.82. The van der Waals surface area contributed by atoms with E-state index < -0.39 is 46.2 Å². The van der Waals surface area contributed by atoms with Crippen molar-refractivity contribution in [3.05, 3.63) is 81.9 Å². The van der Waals surface area contributed by atoms with Gasteiger partial charge in [0.25, 0.3) is 5.91 Å². The van der Waals surface area contributed by atoms with E-state index in [1.165, 1.54) is 37.4 Å². The van der Waals surface area contributed by atoms with Crippen molar-refractivity contribution in [3.63, 3.8) is 0 Å². The molecule has 1 heterocycles. The Bertz CT molecular complexity index is 1750. The zero-order valence-corrected chi connectivity index (χ0v) is 25.7. The van der Waals surface area contributed by atoms with Crippen molar-refractivity contribution in [2.75, 3.05) is 17.7 Å². The van der Waals surface area contributed by atoms with E-state index in [0.29, 0.717) is 23.1 Å². The monoisotopic (exact) mass is 673 g/mol. The Balaban J connectivity index is 0.00000552. The second kappa shape index (κ2) is 13.1.